The molecule has 3 rings (SSSR count). The van der Waals surface area contributed by atoms with Crippen LogP contribution in [-0.2, 0) is 11.2 Å². The van der Waals surface area contributed by atoms with Crippen LogP contribution in [0.2, 0.25) is 0 Å². The standard InChI is InChI=1S/C19H19NO2S/c1-12-7-8-17-14(11-22-19(17)13(12)2)9-18(21)20-15-5-4-6-16(10-15)23-3/h4-8,10-11H,9H2,1-3H3,(H,20,21). The Kier molecular flexibility index (Phi) is 4.44. The van der Waals surface area contributed by atoms with Crippen LogP contribution in [0.3, 0.4) is 0 Å². The molecule has 3 aromatic rings. The Bertz CT molecular complexity index is 867. The van der Waals surface area contributed by atoms with Gasteiger partial charge < -0.3 is 9.73 Å². The Hall–Kier alpha value is -2.20. The first-order valence-corrected chi connectivity index (χ1v) is 8.71. The average molecular weight is 325 g/mol. The van der Waals surface area contributed by atoms with Crippen molar-refractivity contribution < 1.29 is 9.21 Å². The first-order chi connectivity index (χ1) is 11.1. The van der Waals surface area contributed by atoms with E-state index in [0.717, 1.165) is 32.7 Å². The van der Waals surface area contributed by atoms with Crippen molar-refractivity contribution in [2.45, 2.75) is 25.2 Å². The second-order valence-electron chi connectivity index (χ2n) is 5.60. The van der Waals surface area contributed by atoms with Crippen molar-refractivity contribution in [1.29, 1.82) is 0 Å². The second kappa shape index (κ2) is 6.50. The molecule has 0 saturated carbocycles. The van der Waals surface area contributed by atoms with E-state index in [1.165, 1.54) is 5.56 Å². The monoisotopic (exact) mass is 325 g/mol. The molecular weight excluding hydrogens is 306 g/mol. The van der Waals surface area contributed by atoms with E-state index >= 15 is 0 Å². The summed E-state index contributed by atoms with van der Waals surface area (Å²) in [6, 6.07) is 11.9. The van der Waals surface area contributed by atoms with Crippen LogP contribution in [0.25, 0.3) is 11.0 Å². The van der Waals surface area contributed by atoms with Gasteiger partial charge in [-0.1, -0.05) is 18.2 Å². The number of carbonyl (C=O) groups is 1. The maximum absolute atomic E-state index is 12.3. The van der Waals surface area contributed by atoms with Gasteiger partial charge in [-0.25, -0.2) is 0 Å². The Balaban J connectivity index is 1.79. The zero-order valence-corrected chi connectivity index (χ0v) is 14.3. The van der Waals surface area contributed by atoms with Gasteiger partial charge in [0.2, 0.25) is 5.91 Å². The van der Waals surface area contributed by atoms with Crippen LogP contribution in [0, 0.1) is 13.8 Å². The van der Waals surface area contributed by atoms with Crippen molar-refractivity contribution in [1.82, 2.24) is 0 Å². The first-order valence-electron chi connectivity index (χ1n) is 7.48. The van der Waals surface area contributed by atoms with Crippen LogP contribution in [0.15, 0.2) is 52.0 Å². The molecule has 1 heterocycles. The molecular formula is C19H19NO2S. The molecule has 0 atom stereocenters. The van der Waals surface area contributed by atoms with E-state index in [-0.39, 0.29) is 5.91 Å². The van der Waals surface area contributed by atoms with Crippen LogP contribution in [-0.4, -0.2) is 12.2 Å². The van der Waals surface area contributed by atoms with Crippen LogP contribution < -0.4 is 5.32 Å². The number of fused-ring (bicyclic) bond motifs is 1. The Morgan fingerprint density at radius 3 is 2.83 bits per heavy atom. The lowest BCUT2D eigenvalue weighted by molar-refractivity contribution is -0.115. The van der Waals surface area contributed by atoms with Crippen LogP contribution >= 0.6 is 11.8 Å². The minimum Gasteiger partial charge on any atom is -0.464 e. The molecule has 1 amide bonds. The zero-order chi connectivity index (χ0) is 16.4. The number of rotatable bonds is 4. The van der Waals surface area contributed by atoms with Crippen molar-refractivity contribution in [2.75, 3.05) is 11.6 Å². The molecule has 4 heteroatoms. The molecule has 2 aromatic carbocycles. The van der Waals surface area contributed by atoms with Crippen LogP contribution in [0.4, 0.5) is 5.69 Å². The molecule has 0 saturated heterocycles. The molecule has 0 aliphatic heterocycles. The molecule has 1 aromatic heterocycles. The molecule has 3 nitrogen and oxygen atoms in total. The van der Waals surface area contributed by atoms with E-state index in [1.807, 2.05) is 43.5 Å². The van der Waals surface area contributed by atoms with Crippen molar-refractivity contribution in [3.63, 3.8) is 0 Å². The minimum absolute atomic E-state index is 0.0378. The fourth-order valence-corrected chi connectivity index (χ4v) is 3.06. The summed E-state index contributed by atoms with van der Waals surface area (Å²) >= 11 is 1.65. The number of nitrogens with one attached hydrogen (secondary N) is 1. The van der Waals surface area contributed by atoms with Gasteiger partial charge in [-0.15, -0.1) is 11.8 Å². The number of aryl methyl sites for hydroxylation is 2. The van der Waals surface area contributed by atoms with E-state index in [9.17, 15) is 4.79 Å². The van der Waals surface area contributed by atoms with Gasteiger partial charge in [-0.2, -0.15) is 0 Å². The number of thioether (sulfide) groups is 1. The SMILES string of the molecule is CSc1cccc(NC(=O)Cc2coc3c(C)c(C)ccc23)c1. The smallest absolute Gasteiger partial charge is 0.228 e. The van der Waals surface area contributed by atoms with E-state index in [4.69, 9.17) is 4.42 Å². The van der Waals surface area contributed by atoms with Crippen LogP contribution in [0.1, 0.15) is 16.7 Å². The van der Waals surface area contributed by atoms with Gasteiger partial charge in [0, 0.05) is 21.5 Å². The van der Waals surface area contributed by atoms with Crippen LogP contribution in [0.5, 0.6) is 0 Å². The number of anilines is 1. The fourth-order valence-electron chi connectivity index (χ4n) is 2.60. The van der Waals surface area contributed by atoms with Gasteiger partial charge >= 0.3 is 0 Å². The van der Waals surface area contributed by atoms with Crippen molar-refractivity contribution >= 4 is 34.3 Å². The quantitative estimate of drug-likeness (QED) is 0.690. The molecule has 1 N–H and O–H groups in total. The number of benzene rings is 2. The van der Waals surface area contributed by atoms with Crippen molar-refractivity contribution in [3.8, 4) is 0 Å². The highest BCUT2D eigenvalue weighted by Gasteiger charge is 2.13. The van der Waals surface area contributed by atoms with Crippen molar-refractivity contribution in [3.05, 3.63) is 59.4 Å². The maximum atomic E-state index is 12.3. The third-order valence-electron chi connectivity index (χ3n) is 4.05. The van der Waals surface area contributed by atoms with Gasteiger partial charge in [0.1, 0.15) is 5.58 Å². The molecule has 0 spiro atoms. The number of hydrogen-bond donors (Lipinski definition) is 1. The second-order valence-corrected chi connectivity index (χ2v) is 6.48. The normalized spacial score (nSPS) is 10.9. The minimum atomic E-state index is -0.0378. The van der Waals surface area contributed by atoms with E-state index in [2.05, 4.69) is 18.3 Å². The van der Waals surface area contributed by atoms with Crippen molar-refractivity contribution in [2.24, 2.45) is 0 Å². The highest BCUT2D eigenvalue weighted by atomic mass is 32.2. The number of furan rings is 1. The molecule has 0 unspecified atom stereocenters. The summed E-state index contributed by atoms with van der Waals surface area (Å²) in [7, 11) is 0. The number of carbonyl (C=O) groups excluding carboxylic acids is 1. The fraction of sp³-hybridized carbons (Fsp3) is 0.211. The predicted octanol–water partition coefficient (Wildman–Crippen LogP) is 4.95. The molecule has 0 radical (unpaired) electrons. The summed E-state index contributed by atoms with van der Waals surface area (Å²) in [4.78, 5) is 13.4. The molecule has 23 heavy (non-hydrogen) atoms. The number of amides is 1. The van der Waals surface area contributed by atoms with E-state index < -0.39 is 0 Å². The molecule has 0 bridgehead atoms. The Morgan fingerprint density at radius 1 is 1.22 bits per heavy atom. The summed E-state index contributed by atoms with van der Waals surface area (Å²) in [6.07, 6.45) is 4.01. The predicted molar refractivity (Wildman–Crippen MR) is 96.2 cm³/mol. The highest BCUT2D eigenvalue weighted by Crippen LogP contribution is 2.27. The van der Waals surface area contributed by atoms with Gasteiger partial charge in [-0.05, 0) is 49.4 Å². The summed E-state index contributed by atoms with van der Waals surface area (Å²) < 4.78 is 5.66. The number of hydrogen-bond acceptors (Lipinski definition) is 3. The van der Waals surface area contributed by atoms with Gasteiger partial charge in [0.15, 0.2) is 0 Å². The largest absolute Gasteiger partial charge is 0.464 e. The lowest BCUT2D eigenvalue weighted by Gasteiger charge is -2.06. The Morgan fingerprint density at radius 2 is 2.04 bits per heavy atom. The van der Waals surface area contributed by atoms with Gasteiger partial charge in [0.05, 0.1) is 12.7 Å². The molecule has 118 valence electrons. The third kappa shape index (κ3) is 3.27. The summed E-state index contributed by atoms with van der Waals surface area (Å²) in [5, 5.41) is 3.97. The highest BCUT2D eigenvalue weighted by molar-refractivity contribution is 7.98. The molecule has 0 aliphatic rings. The topological polar surface area (TPSA) is 42.2 Å². The molecule has 0 aliphatic carbocycles. The maximum Gasteiger partial charge on any atom is 0.228 e. The summed E-state index contributed by atoms with van der Waals surface area (Å²) in [5.41, 5.74) is 4.93. The molecule has 0 fully saturated rings. The first kappa shape index (κ1) is 15.7. The summed E-state index contributed by atoms with van der Waals surface area (Å²) in [5.74, 6) is -0.0378. The van der Waals surface area contributed by atoms with Gasteiger partial charge in [-0.3, -0.25) is 4.79 Å². The van der Waals surface area contributed by atoms with Gasteiger partial charge in [0.25, 0.3) is 0 Å². The third-order valence-corrected chi connectivity index (χ3v) is 4.77. The average Bonchev–Trinajstić information content (AvgIpc) is 2.94. The summed E-state index contributed by atoms with van der Waals surface area (Å²) in [6.45, 7) is 4.10. The Labute approximate surface area is 140 Å². The zero-order valence-electron chi connectivity index (χ0n) is 13.5. The lowest BCUT2D eigenvalue weighted by atomic mass is 10.0. The van der Waals surface area contributed by atoms with E-state index in [0.29, 0.717) is 6.42 Å². The van der Waals surface area contributed by atoms with E-state index in [1.54, 1.807) is 18.0 Å². The lowest BCUT2D eigenvalue weighted by Crippen LogP contribution is -2.14.